The van der Waals surface area contributed by atoms with E-state index in [0.29, 0.717) is 5.02 Å². The first-order valence-corrected chi connectivity index (χ1v) is 8.32. The average Bonchev–Trinajstić information content (AvgIpc) is 2.46. The second-order valence-corrected chi connectivity index (χ2v) is 7.26. The van der Waals surface area contributed by atoms with Crippen molar-refractivity contribution in [1.29, 1.82) is 0 Å². The Balaban J connectivity index is 1.86. The van der Waals surface area contributed by atoms with E-state index in [9.17, 15) is 0 Å². The summed E-state index contributed by atoms with van der Waals surface area (Å²) in [5.74, 6) is 1.05. The van der Waals surface area contributed by atoms with Gasteiger partial charge in [0.15, 0.2) is 0 Å². The quantitative estimate of drug-likeness (QED) is 0.907. The molecule has 116 valence electrons. The van der Waals surface area contributed by atoms with Crippen LogP contribution < -0.4 is 10.5 Å². The van der Waals surface area contributed by atoms with Crippen molar-refractivity contribution in [2.45, 2.75) is 44.8 Å². The molecule has 2 aliphatic heterocycles. The summed E-state index contributed by atoms with van der Waals surface area (Å²) in [7, 11) is 0. The molecule has 3 nitrogen and oxygen atoms in total. The molecule has 0 saturated carbocycles. The first kappa shape index (κ1) is 15.1. The van der Waals surface area contributed by atoms with Crippen molar-refractivity contribution >= 4 is 11.6 Å². The van der Waals surface area contributed by atoms with Crippen LogP contribution in [0.3, 0.4) is 0 Å². The Bertz CT molecular complexity index is 512. The van der Waals surface area contributed by atoms with Crippen LogP contribution in [0.2, 0.25) is 5.02 Å². The maximum atomic E-state index is 6.59. The van der Waals surface area contributed by atoms with Crippen LogP contribution in [0.1, 0.15) is 44.7 Å². The van der Waals surface area contributed by atoms with Crippen LogP contribution in [-0.4, -0.2) is 30.1 Å². The van der Waals surface area contributed by atoms with Crippen LogP contribution >= 0.6 is 11.6 Å². The van der Waals surface area contributed by atoms with E-state index >= 15 is 0 Å². The molecule has 1 saturated heterocycles. The molecular weight excluding hydrogens is 284 g/mol. The van der Waals surface area contributed by atoms with Crippen molar-refractivity contribution in [2.24, 2.45) is 11.7 Å². The van der Waals surface area contributed by atoms with E-state index in [1.807, 2.05) is 18.2 Å². The molecule has 0 radical (unpaired) electrons. The lowest BCUT2D eigenvalue weighted by molar-refractivity contribution is -0.00902. The maximum Gasteiger partial charge on any atom is 0.143 e. The highest BCUT2D eigenvalue weighted by Crippen LogP contribution is 2.45. The Morgan fingerprint density at radius 1 is 1.29 bits per heavy atom. The third-order valence-electron chi connectivity index (χ3n) is 4.95. The largest absolute Gasteiger partial charge is 0.486 e. The molecule has 1 aromatic rings. The maximum absolute atomic E-state index is 6.59. The molecule has 2 N–H and O–H groups in total. The van der Waals surface area contributed by atoms with Crippen LogP contribution in [0.5, 0.6) is 5.75 Å². The summed E-state index contributed by atoms with van der Waals surface area (Å²) in [6.45, 7) is 7.63. The van der Waals surface area contributed by atoms with Gasteiger partial charge in [-0.1, -0.05) is 30.2 Å². The Hall–Kier alpha value is -0.770. The number of piperidine rings is 1. The van der Waals surface area contributed by atoms with Gasteiger partial charge in [0.25, 0.3) is 0 Å². The van der Waals surface area contributed by atoms with E-state index in [1.54, 1.807) is 0 Å². The Morgan fingerprint density at radius 3 is 2.71 bits per heavy atom. The zero-order valence-corrected chi connectivity index (χ0v) is 13.7. The fourth-order valence-corrected chi connectivity index (χ4v) is 3.86. The second-order valence-electron chi connectivity index (χ2n) is 6.86. The number of hydrogen-bond donors (Lipinski definition) is 1. The first-order chi connectivity index (χ1) is 9.99. The van der Waals surface area contributed by atoms with E-state index in [0.717, 1.165) is 17.9 Å². The summed E-state index contributed by atoms with van der Waals surface area (Å²) in [5.41, 5.74) is 7.34. The van der Waals surface area contributed by atoms with Gasteiger partial charge in [-0.3, -0.25) is 0 Å². The van der Waals surface area contributed by atoms with Gasteiger partial charge in [-0.05, 0) is 45.8 Å². The molecule has 2 heterocycles. The van der Waals surface area contributed by atoms with Gasteiger partial charge in [0, 0.05) is 24.1 Å². The summed E-state index contributed by atoms with van der Waals surface area (Å²) in [4.78, 5) is 2.54. The molecule has 0 amide bonds. The molecule has 0 spiro atoms. The molecule has 4 heteroatoms. The number of likely N-dealkylation sites (tertiary alicyclic amines) is 1. The van der Waals surface area contributed by atoms with Crippen LogP contribution in [0, 0.1) is 5.92 Å². The zero-order chi connectivity index (χ0) is 15.0. The predicted octanol–water partition coefficient (Wildman–Crippen LogP) is 3.61. The van der Waals surface area contributed by atoms with Gasteiger partial charge >= 0.3 is 0 Å². The Morgan fingerprint density at radius 2 is 2.00 bits per heavy atom. The van der Waals surface area contributed by atoms with Gasteiger partial charge in [-0.15, -0.1) is 0 Å². The Kier molecular flexibility index (Phi) is 4.17. The van der Waals surface area contributed by atoms with Gasteiger partial charge < -0.3 is 15.4 Å². The molecule has 3 rings (SSSR count). The second kappa shape index (κ2) is 5.79. The third-order valence-corrected chi connectivity index (χ3v) is 5.25. The molecule has 0 aliphatic carbocycles. The minimum absolute atomic E-state index is 0.0237. The monoisotopic (exact) mass is 308 g/mol. The van der Waals surface area contributed by atoms with Crippen LogP contribution in [0.15, 0.2) is 18.2 Å². The zero-order valence-electron chi connectivity index (χ0n) is 12.9. The lowest BCUT2D eigenvalue weighted by Gasteiger charge is -2.46. The smallest absolute Gasteiger partial charge is 0.143 e. The first-order valence-electron chi connectivity index (χ1n) is 7.94. The molecular formula is C17H25ClN2O. The molecule has 0 bridgehead atoms. The molecule has 1 fully saturated rings. The topological polar surface area (TPSA) is 38.5 Å². The lowest BCUT2D eigenvalue weighted by atomic mass is 9.78. The fraction of sp³-hybridized carbons (Fsp3) is 0.647. The number of fused-ring (bicyclic) bond motifs is 1. The van der Waals surface area contributed by atoms with Gasteiger partial charge in [0.05, 0.1) is 5.02 Å². The number of nitrogens with zero attached hydrogens (tertiary/aromatic N) is 1. The lowest BCUT2D eigenvalue weighted by Crippen LogP contribution is -2.52. The van der Waals surface area contributed by atoms with Gasteiger partial charge in [0.2, 0.25) is 0 Å². The van der Waals surface area contributed by atoms with Gasteiger partial charge in [-0.2, -0.15) is 0 Å². The normalized spacial score (nSPS) is 28.8. The third kappa shape index (κ3) is 2.92. The van der Waals surface area contributed by atoms with Crippen molar-refractivity contribution in [2.75, 3.05) is 19.6 Å². The summed E-state index contributed by atoms with van der Waals surface area (Å²) >= 11 is 6.28. The molecule has 0 aromatic heterocycles. The number of rotatable bonds is 2. The predicted molar refractivity (Wildman–Crippen MR) is 86.9 cm³/mol. The number of ether oxygens (including phenoxy) is 1. The van der Waals surface area contributed by atoms with Crippen LogP contribution in [0.25, 0.3) is 0 Å². The Labute approximate surface area is 132 Å². The number of nitrogens with two attached hydrogens (primary N) is 1. The van der Waals surface area contributed by atoms with E-state index in [4.69, 9.17) is 22.1 Å². The summed E-state index contributed by atoms with van der Waals surface area (Å²) in [6, 6.07) is 5.85. The summed E-state index contributed by atoms with van der Waals surface area (Å²) in [6.07, 6.45) is 3.95. The standard InChI is InChI=1S/C17H25ClN2O/c1-17(2)13(11-20-9-4-3-5-10-20)15(19)12-7-6-8-14(18)16(12)21-17/h6-8,13,15H,3-5,9-11,19H2,1-2H3. The minimum atomic E-state index is -0.297. The van der Waals surface area contributed by atoms with Crippen molar-refractivity contribution in [1.82, 2.24) is 4.90 Å². The average molecular weight is 309 g/mol. The van der Waals surface area contributed by atoms with Crippen molar-refractivity contribution in [3.05, 3.63) is 28.8 Å². The highest BCUT2D eigenvalue weighted by Gasteiger charge is 2.43. The number of benzene rings is 1. The SMILES string of the molecule is CC1(C)Oc2c(Cl)cccc2C(N)C1CN1CCCCC1. The number of halogens is 1. The minimum Gasteiger partial charge on any atom is -0.486 e. The van der Waals surface area contributed by atoms with Gasteiger partial charge in [0.1, 0.15) is 11.4 Å². The van der Waals surface area contributed by atoms with E-state index in [1.165, 1.54) is 32.4 Å². The number of hydrogen-bond acceptors (Lipinski definition) is 3. The van der Waals surface area contributed by atoms with Crippen molar-refractivity contribution < 1.29 is 4.74 Å². The van der Waals surface area contributed by atoms with Crippen molar-refractivity contribution in [3.8, 4) is 5.75 Å². The number of para-hydroxylation sites is 1. The highest BCUT2D eigenvalue weighted by atomic mass is 35.5. The van der Waals surface area contributed by atoms with Gasteiger partial charge in [-0.25, -0.2) is 0 Å². The molecule has 1 aromatic carbocycles. The molecule has 21 heavy (non-hydrogen) atoms. The summed E-state index contributed by atoms with van der Waals surface area (Å²) in [5, 5.41) is 0.660. The fourth-order valence-electron chi connectivity index (χ4n) is 3.64. The van der Waals surface area contributed by atoms with Crippen LogP contribution in [-0.2, 0) is 0 Å². The highest BCUT2D eigenvalue weighted by molar-refractivity contribution is 6.32. The van der Waals surface area contributed by atoms with Crippen LogP contribution in [0.4, 0.5) is 0 Å². The summed E-state index contributed by atoms with van der Waals surface area (Å²) < 4.78 is 6.24. The van der Waals surface area contributed by atoms with E-state index < -0.39 is 0 Å². The molecule has 2 atom stereocenters. The molecule has 2 aliphatic rings. The van der Waals surface area contributed by atoms with Crippen molar-refractivity contribution in [3.63, 3.8) is 0 Å². The van der Waals surface area contributed by atoms with E-state index in [-0.39, 0.29) is 17.6 Å². The molecule has 2 unspecified atom stereocenters. The van der Waals surface area contributed by atoms with E-state index in [2.05, 4.69) is 18.7 Å².